The van der Waals surface area contributed by atoms with Gasteiger partial charge in [0.25, 0.3) is 0 Å². The third-order valence-electron chi connectivity index (χ3n) is 4.02. The summed E-state index contributed by atoms with van der Waals surface area (Å²) >= 11 is 8.99. The summed E-state index contributed by atoms with van der Waals surface area (Å²) in [7, 11) is 0. The molecule has 0 atom stereocenters. The number of amides is 1. The fraction of sp³-hybridized carbons (Fsp3) is 0.150. The highest BCUT2D eigenvalue weighted by Crippen LogP contribution is 2.28. The van der Waals surface area contributed by atoms with E-state index >= 15 is 0 Å². The molecule has 142 valence electrons. The molecular weight excluding hydrogens is 414 g/mol. The van der Waals surface area contributed by atoms with Gasteiger partial charge in [-0.05, 0) is 31.2 Å². The zero-order chi connectivity index (χ0) is 19.5. The molecule has 28 heavy (non-hydrogen) atoms. The molecule has 0 bridgehead atoms. The first-order chi connectivity index (χ1) is 13.6. The number of furan rings is 1. The van der Waals surface area contributed by atoms with E-state index in [1.165, 1.54) is 11.3 Å². The van der Waals surface area contributed by atoms with Crippen LogP contribution in [0.1, 0.15) is 15.6 Å². The average molecular weight is 430 g/mol. The van der Waals surface area contributed by atoms with E-state index in [1.807, 2.05) is 48.7 Å². The van der Waals surface area contributed by atoms with Gasteiger partial charge in [-0.25, -0.2) is 9.97 Å². The minimum atomic E-state index is -0.0859. The molecule has 0 unspecified atom stereocenters. The lowest BCUT2D eigenvalue weighted by Gasteiger charge is -2.01. The molecule has 0 saturated carbocycles. The van der Waals surface area contributed by atoms with Gasteiger partial charge >= 0.3 is 0 Å². The van der Waals surface area contributed by atoms with E-state index in [1.54, 1.807) is 17.6 Å². The number of hydrogen-bond donors (Lipinski definition) is 1. The molecule has 0 saturated heterocycles. The first-order valence-corrected chi connectivity index (χ1v) is 10.6. The Labute approximate surface area is 175 Å². The van der Waals surface area contributed by atoms with Gasteiger partial charge in [0.1, 0.15) is 5.01 Å². The minimum absolute atomic E-state index is 0.0859. The smallest absolute Gasteiger partial charge is 0.226 e. The summed E-state index contributed by atoms with van der Waals surface area (Å²) in [6.45, 7) is 2.42. The summed E-state index contributed by atoms with van der Waals surface area (Å²) in [6.07, 6.45) is 1.84. The Kier molecular flexibility index (Phi) is 5.57. The molecule has 1 amide bonds. The Bertz CT molecular complexity index is 1090. The molecular formula is C20H16ClN3O2S2. The van der Waals surface area contributed by atoms with E-state index in [0.717, 1.165) is 31.8 Å². The molecule has 0 radical (unpaired) electrons. The largest absolute Gasteiger partial charge is 0.462 e. The number of aryl methyl sites for hydroxylation is 1. The molecule has 3 aromatic heterocycles. The number of rotatable bonds is 6. The van der Waals surface area contributed by atoms with Crippen LogP contribution in [-0.2, 0) is 17.8 Å². The SMILES string of the molecule is Cc1sc(CNC(=O)Cc2csc(-c3ccco3)n2)nc1-c1ccc(Cl)cc1. The Morgan fingerprint density at radius 1 is 1.21 bits per heavy atom. The third kappa shape index (κ3) is 4.32. The van der Waals surface area contributed by atoms with Crippen molar-refractivity contribution in [3.8, 4) is 22.0 Å². The molecule has 0 aliphatic heterocycles. The Hall–Kier alpha value is -2.48. The van der Waals surface area contributed by atoms with E-state index in [2.05, 4.69) is 15.3 Å². The Morgan fingerprint density at radius 3 is 2.79 bits per heavy atom. The second kappa shape index (κ2) is 8.26. The van der Waals surface area contributed by atoms with Crippen molar-refractivity contribution in [2.45, 2.75) is 19.9 Å². The number of thiazole rings is 2. The summed E-state index contributed by atoms with van der Waals surface area (Å²) in [6, 6.07) is 11.3. The zero-order valence-electron chi connectivity index (χ0n) is 14.9. The molecule has 1 aromatic carbocycles. The minimum Gasteiger partial charge on any atom is -0.462 e. The van der Waals surface area contributed by atoms with E-state index in [4.69, 9.17) is 16.0 Å². The number of hydrogen-bond acceptors (Lipinski definition) is 6. The molecule has 3 heterocycles. The fourth-order valence-corrected chi connectivity index (χ4v) is 4.51. The van der Waals surface area contributed by atoms with Gasteiger partial charge in [-0.2, -0.15) is 0 Å². The first-order valence-electron chi connectivity index (χ1n) is 8.56. The second-order valence-electron chi connectivity index (χ2n) is 6.09. The van der Waals surface area contributed by atoms with Gasteiger partial charge in [-0.3, -0.25) is 4.79 Å². The maximum Gasteiger partial charge on any atom is 0.226 e. The van der Waals surface area contributed by atoms with E-state index in [-0.39, 0.29) is 12.3 Å². The summed E-state index contributed by atoms with van der Waals surface area (Å²) in [5.74, 6) is 0.627. The van der Waals surface area contributed by atoms with Crippen LogP contribution < -0.4 is 5.32 Å². The van der Waals surface area contributed by atoms with Crippen molar-refractivity contribution in [3.63, 3.8) is 0 Å². The van der Waals surface area contributed by atoms with Crippen LogP contribution in [0.4, 0.5) is 0 Å². The van der Waals surface area contributed by atoms with Crippen molar-refractivity contribution in [2.75, 3.05) is 0 Å². The number of nitrogens with one attached hydrogen (secondary N) is 1. The number of nitrogens with zero attached hydrogens (tertiary/aromatic N) is 2. The number of halogens is 1. The van der Waals surface area contributed by atoms with Crippen molar-refractivity contribution >= 4 is 40.2 Å². The highest BCUT2D eigenvalue weighted by atomic mass is 35.5. The van der Waals surface area contributed by atoms with Gasteiger partial charge in [-0.1, -0.05) is 23.7 Å². The Balaban J connectivity index is 1.36. The van der Waals surface area contributed by atoms with Gasteiger partial charge in [0.05, 0.1) is 30.6 Å². The molecule has 4 aromatic rings. The molecule has 5 nitrogen and oxygen atoms in total. The van der Waals surface area contributed by atoms with Crippen LogP contribution in [0, 0.1) is 6.92 Å². The van der Waals surface area contributed by atoms with Crippen LogP contribution in [0.15, 0.2) is 52.5 Å². The lowest BCUT2D eigenvalue weighted by molar-refractivity contribution is -0.120. The van der Waals surface area contributed by atoms with Crippen LogP contribution in [0.5, 0.6) is 0 Å². The van der Waals surface area contributed by atoms with Gasteiger partial charge in [-0.15, -0.1) is 22.7 Å². The predicted molar refractivity (Wildman–Crippen MR) is 113 cm³/mol. The summed E-state index contributed by atoms with van der Waals surface area (Å²) in [5, 5.41) is 7.14. The highest BCUT2D eigenvalue weighted by Gasteiger charge is 2.13. The van der Waals surface area contributed by atoms with Crippen molar-refractivity contribution < 1.29 is 9.21 Å². The van der Waals surface area contributed by atoms with Crippen LogP contribution in [0.25, 0.3) is 22.0 Å². The van der Waals surface area contributed by atoms with Gasteiger partial charge in [0.15, 0.2) is 10.8 Å². The van der Waals surface area contributed by atoms with Crippen LogP contribution in [0.2, 0.25) is 5.02 Å². The van der Waals surface area contributed by atoms with Gasteiger partial charge in [0.2, 0.25) is 5.91 Å². The lowest BCUT2D eigenvalue weighted by Crippen LogP contribution is -2.24. The molecule has 0 spiro atoms. The normalized spacial score (nSPS) is 10.9. The monoisotopic (exact) mass is 429 g/mol. The van der Waals surface area contributed by atoms with Crippen molar-refractivity contribution in [1.29, 1.82) is 0 Å². The topological polar surface area (TPSA) is 68.0 Å². The molecule has 0 fully saturated rings. The quantitative estimate of drug-likeness (QED) is 0.448. The van der Waals surface area contributed by atoms with E-state index in [0.29, 0.717) is 17.3 Å². The van der Waals surface area contributed by atoms with Gasteiger partial charge < -0.3 is 9.73 Å². The summed E-state index contributed by atoms with van der Waals surface area (Å²) < 4.78 is 5.33. The maximum absolute atomic E-state index is 12.3. The fourth-order valence-electron chi connectivity index (χ4n) is 2.71. The van der Waals surface area contributed by atoms with Gasteiger partial charge in [0, 0.05) is 20.8 Å². The van der Waals surface area contributed by atoms with Crippen LogP contribution >= 0.6 is 34.3 Å². The maximum atomic E-state index is 12.3. The predicted octanol–water partition coefficient (Wildman–Crippen LogP) is 5.35. The van der Waals surface area contributed by atoms with Crippen LogP contribution in [0.3, 0.4) is 0 Å². The highest BCUT2D eigenvalue weighted by molar-refractivity contribution is 7.13. The van der Waals surface area contributed by atoms with Crippen molar-refractivity contribution in [3.05, 3.63) is 68.6 Å². The Morgan fingerprint density at radius 2 is 2.04 bits per heavy atom. The number of carbonyl (C=O) groups is 1. The zero-order valence-corrected chi connectivity index (χ0v) is 17.3. The average Bonchev–Trinajstić information content (AvgIpc) is 3.41. The number of carbonyl (C=O) groups excluding carboxylic acids is 1. The van der Waals surface area contributed by atoms with Crippen molar-refractivity contribution in [2.24, 2.45) is 0 Å². The number of aromatic nitrogens is 2. The third-order valence-corrected chi connectivity index (χ3v) is 6.15. The lowest BCUT2D eigenvalue weighted by atomic mass is 10.1. The molecule has 0 aliphatic carbocycles. The molecule has 4 rings (SSSR count). The first kappa shape index (κ1) is 18.9. The second-order valence-corrected chi connectivity index (χ2v) is 8.68. The van der Waals surface area contributed by atoms with E-state index in [9.17, 15) is 4.79 Å². The van der Waals surface area contributed by atoms with E-state index < -0.39 is 0 Å². The molecule has 8 heteroatoms. The standard InChI is InChI=1S/C20H16ClN3O2S2/c1-12-19(13-4-6-14(21)7-5-13)24-18(28-12)10-22-17(25)9-15-11-27-20(23-15)16-3-2-8-26-16/h2-8,11H,9-10H2,1H3,(H,22,25). The number of benzene rings is 1. The van der Waals surface area contributed by atoms with Crippen LogP contribution in [-0.4, -0.2) is 15.9 Å². The molecule has 0 aliphatic rings. The molecule has 1 N–H and O–H groups in total. The van der Waals surface area contributed by atoms with Crippen molar-refractivity contribution in [1.82, 2.24) is 15.3 Å². The summed E-state index contributed by atoms with van der Waals surface area (Å²) in [4.78, 5) is 22.5. The summed E-state index contributed by atoms with van der Waals surface area (Å²) in [5.41, 5.74) is 2.67.